The van der Waals surface area contributed by atoms with Crippen LogP contribution in [0.4, 0.5) is 0 Å². The summed E-state index contributed by atoms with van der Waals surface area (Å²) in [5.74, 6) is 1.41. The van der Waals surface area contributed by atoms with Crippen LogP contribution in [0.2, 0.25) is 0 Å². The van der Waals surface area contributed by atoms with Crippen LogP contribution in [0.5, 0.6) is 0 Å². The van der Waals surface area contributed by atoms with Crippen molar-refractivity contribution in [2.24, 2.45) is 0 Å². The van der Waals surface area contributed by atoms with Crippen molar-refractivity contribution in [2.75, 3.05) is 5.75 Å². The molecule has 2 heteroatoms. The van der Waals surface area contributed by atoms with E-state index in [1.54, 1.807) is 0 Å². The van der Waals surface area contributed by atoms with Crippen LogP contribution in [0.15, 0.2) is 0 Å². The van der Waals surface area contributed by atoms with E-state index in [0.717, 1.165) is 4.75 Å². The van der Waals surface area contributed by atoms with Gasteiger partial charge in [-0.05, 0) is 19.3 Å². The predicted octanol–water partition coefficient (Wildman–Crippen LogP) is 3.47. The van der Waals surface area contributed by atoms with Crippen molar-refractivity contribution in [1.82, 2.24) is 0 Å². The molecule has 0 atom stereocenters. The predicted molar refractivity (Wildman–Crippen MR) is 50.5 cm³/mol. The molecule has 2 fully saturated rings. The molecule has 0 N–H and O–H groups in total. The summed E-state index contributed by atoms with van der Waals surface area (Å²) in [5.41, 5.74) is 0. The summed E-state index contributed by atoms with van der Waals surface area (Å²) in [5, 5.41) is 0. The van der Waals surface area contributed by atoms with E-state index in [1.165, 1.54) is 44.3 Å². The maximum Gasteiger partial charge on any atom is 0.0271 e. The van der Waals surface area contributed by atoms with Gasteiger partial charge in [-0.3, -0.25) is 0 Å². The molecule has 0 unspecified atom stereocenters. The van der Waals surface area contributed by atoms with Crippen molar-refractivity contribution in [3.63, 3.8) is 0 Å². The third-order valence-electron chi connectivity index (χ3n) is 2.64. The van der Waals surface area contributed by atoms with Crippen LogP contribution in [0.1, 0.15) is 38.5 Å². The van der Waals surface area contributed by atoms with Crippen LogP contribution in [-0.4, -0.2) is 10.5 Å². The number of hydrogen-bond donors (Lipinski definition) is 0. The van der Waals surface area contributed by atoms with Crippen LogP contribution in [0, 0.1) is 0 Å². The first-order chi connectivity index (χ1) is 4.91. The lowest BCUT2D eigenvalue weighted by atomic mass is 9.86. The summed E-state index contributed by atoms with van der Waals surface area (Å²) < 4.78 is 0.753. The highest BCUT2D eigenvalue weighted by atomic mass is 33.1. The Bertz CT molecular complexity index is 108. The quantitative estimate of drug-likeness (QED) is 0.516. The summed E-state index contributed by atoms with van der Waals surface area (Å²) in [6.45, 7) is 0. The van der Waals surface area contributed by atoms with Gasteiger partial charge in [-0.1, -0.05) is 40.9 Å². The minimum atomic E-state index is 0.753. The molecule has 10 heavy (non-hydrogen) atoms. The second-order valence-corrected chi connectivity index (χ2v) is 6.28. The van der Waals surface area contributed by atoms with Gasteiger partial charge in [-0.15, -0.1) is 0 Å². The zero-order valence-electron chi connectivity index (χ0n) is 6.27. The Balaban J connectivity index is 1.98. The first kappa shape index (κ1) is 7.35. The average Bonchev–Trinajstić information content (AvgIpc) is 2.39. The molecular formula is C8H14S2. The molecule has 1 saturated carbocycles. The second kappa shape index (κ2) is 2.98. The maximum absolute atomic E-state index is 2.18. The Morgan fingerprint density at radius 3 is 2.30 bits per heavy atom. The minimum absolute atomic E-state index is 0.753. The van der Waals surface area contributed by atoms with Gasteiger partial charge in [0.1, 0.15) is 0 Å². The Kier molecular flexibility index (Phi) is 2.19. The maximum atomic E-state index is 2.18. The van der Waals surface area contributed by atoms with Gasteiger partial charge in [0.05, 0.1) is 0 Å². The molecule has 0 nitrogen and oxygen atoms in total. The highest BCUT2D eigenvalue weighted by molar-refractivity contribution is 8.77. The van der Waals surface area contributed by atoms with E-state index in [9.17, 15) is 0 Å². The van der Waals surface area contributed by atoms with Crippen LogP contribution in [0.25, 0.3) is 0 Å². The van der Waals surface area contributed by atoms with Gasteiger partial charge in [0, 0.05) is 10.5 Å². The third kappa shape index (κ3) is 1.33. The van der Waals surface area contributed by atoms with Gasteiger partial charge in [0.25, 0.3) is 0 Å². The molecule has 1 heterocycles. The van der Waals surface area contributed by atoms with Gasteiger partial charge < -0.3 is 0 Å². The Hall–Kier alpha value is 0.700. The van der Waals surface area contributed by atoms with E-state index in [0.29, 0.717) is 0 Å². The molecule has 0 aromatic carbocycles. The van der Waals surface area contributed by atoms with E-state index in [-0.39, 0.29) is 0 Å². The van der Waals surface area contributed by atoms with E-state index < -0.39 is 0 Å². The molecule has 0 aromatic heterocycles. The lowest BCUT2D eigenvalue weighted by Gasteiger charge is -2.30. The summed E-state index contributed by atoms with van der Waals surface area (Å²) in [7, 11) is 4.28. The lowest BCUT2D eigenvalue weighted by molar-refractivity contribution is 0.395. The SMILES string of the molecule is C1CCC2(CC1)CCSS2. The molecule has 1 spiro atoms. The molecule has 0 amide bonds. The number of rotatable bonds is 0. The smallest absolute Gasteiger partial charge is 0.0271 e. The standard InChI is InChI=1S/C8H14S2/c1-2-4-8(5-3-1)6-7-9-10-8/h1-7H2. The van der Waals surface area contributed by atoms with Crippen LogP contribution >= 0.6 is 21.6 Å². The van der Waals surface area contributed by atoms with E-state index in [4.69, 9.17) is 0 Å². The van der Waals surface area contributed by atoms with E-state index in [1.807, 2.05) is 0 Å². The third-order valence-corrected chi connectivity index (χ3v) is 6.01. The zero-order chi connectivity index (χ0) is 6.86. The van der Waals surface area contributed by atoms with Gasteiger partial charge in [-0.25, -0.2) is 0 Å². The Labute approximate surface area is 70.9 Å². The van der Waals surface area contributed by atoms with Gasteiger partial charge in [0.2, 0.25) is 0 Å². The monoisotopic (exact) mass is 174 g/mol. The summed E-state index contributed by atoms with van der Waals surface area (Å²) in [6, 6.07) is 0. The fourth-order valence-corrected chi connectivity index (χ4v) is 5.54. The fraction of sp³-hybridized carbons (Fsp3) is 1.00. The largest absolute Gasteiger partial charge is 0.0935 e. The van der Waals surface area contributed by atoms with Crippen molar-refractivity contribution >= 4 is 21.6 Å². The summed E-state index contributed by atoms with van der Waals surface area (Å²) >= 11 is 0. The van der Waals surface area contributed by atoms with Crippen molar-refractivity contribution in [2.45, 2.75) is 43.3 Å². The van der Waals surface area contributed by atoms with Crippen molar-refractivity contribution < 1.29 is 0 Å². The molecule has 0 radical (unpaired) electrons. The molecule has 1 saturated heterocycles. The summed E-state index contributed by atoms with van der Waals surface area (Å²) in [4.78, 5) is 0. The number of hydrogen-bond acceptors (Lipinski definition) is 2. The molecule has 2 aliphatic rings. The Morgan fingerprint density at radius 2 is 1.70 bits per heavy atom. The molecule has 2 rings (SSSR count). The van der Waals surface area contributed by atoms with E-state index in [2.05, 4.69) is 21.6 Å². The van der Waals surface area contributed by atoms with Crippen LogP contribution in [0.3, 0.4) is 0 Å². The van der Waals surface area contributed by atoms with Crippen molar-refractivity contribution in [3.05, 3.63) is 0 Å². The van der Waals surface area contributed by atoms with Gasteiger partial charge in [0.15, 0.2) is 0 Å². The second-order valence-electron chi connectivity index (χ2n) is 3.40. The first-order valence-corrected chi connectivity index (χ1v) is 6.54. The molecule has 1 aliphatic heterocycles. The molecule has 0 bridgehead atoms. The summed E-state index contributed by atoms with van der Waals surface area (Å²) in [6.07, 6.45) is 8.98. The van der Waals surface area contributed by atoms with Crippen LogP contribution in [-0.2, 0) is 0 Å². The lowest BCUT2D eigenvalue weighted by Crippen LogP contribution is -2.24. The normalized spacial score (nSPS) is 31.2. The molecular weight excluding hydrogens is 160 g/mol. The van der Waals surface area contributed by atoms with Gasteiger partial charge in [-0.2, -0.15) is 0 Å². The fourth-order valence-electron chi connectivity index (χ4n) is 1.97. The average molecular weight is 174 g/mol. The highest BCUT2D eigenvalue weighted by Crippen LogP contribution is 2.53. The molecule has 0 aromatic rings. The Morgan fingerprint density at radius 1 is 0.900 bits per heavy atom. The zero-order valence-corrected chi connectivity index (χ0v) is 7.90. The van der Waals surface area contributed by atoms with Crippen molar-refractivity contribution in [1.29, 1.82) is 0 Å². The van der Waals surface area contributed by atoms with Crippen molar-refractivity contribution in [3.8, 4) is 0 Å². The minimum Gasteiger partial charge on any atom is -0.0935 e. The molecule has 58 valence electrons. The van der Waals surface area contributed by atoms with Gasteiger partial charge >= 0.3 is 0 Å². The molecule has 1 aliphatic carbocycles. The first-order valence-electron chi connectivity index (χ1n) is 4.22. The van der Waals surface area contributed by atoms with E-state index >= 15 is 0 Å². The van der Waals surface area contributed by atoms with Crippen LogP contribution < -0.4 is 0 Å². The topological polar surface area (TPSA) is 0 Å². The highest BCUT2D eigenvalue weighted by Gasteiger charge is 2.36.